The van der Waals surface area contributed by atoms with Crippen LogP contribution in [0.4, 0.5) is 0 Å². The van der Waals surface area contributed by atoms with Gasteiger partial charge in [-0.05, 0) is 37.3 Å². The monoisotopic (exact) mass is 524 g/mol. The van der Waals surface area contributed by atoms with Gasteiger partial charge >= 0.3 is 17.1 Å². The normalized spacial score (nSPS) is 10.8. The number of rotatable bonds is 5. The van der Waals surface area contributed by atoms with Gasteiger partial charge in [0.1, 0.15) is 11.6 Å². The van der Waals surface area contributed by atoms with E-state index in [2.05, 4.69) is 25.3 Å². The maximum Gasteiger partial charge on any atom is 2.00 e. The molecule has 0 fully saturated rings. The van der Waals surface area contributed by atoms with Crippen LogP contribution in [0.5, 0.6) is 0 Å². The number of aromatic nitrogens is 4. The summed E-state index contributed by atoms with van der Waals surface area (Å²) in [5.41, 5.74) is 4.13. The third-order valence-corrected chi connectivity index (χ3v) is 3.76. The zero-order valence-corrected chi connectivity index (χ0v) is 18.9. The zero-order valence-electron chi connectivity index (χ0n) is 17.2. The van der Waals surface area contributed by atoms with Crippen molar-refractivity contribution >= 4 is 28.0 Å². The van der Waals surface area contributed by atoms with Crippen molar-refractivity contribution in [3.05, 3.63) is 72.3 Å². The molecule has 1 radical (unpaired) electrons. The van der Waals surface area contributed by atoms with Gasteiger partial charge in [-0.3, -0.25) is 0 Å². The van der Waals surface area contributed by atoms with Crippen molar-refractivity contribution in [1.82, 2.24) is 25.3 Å². The average Bonchev–Trinajstić information content (AvgIpc) is 3.30. The third-order valence-electron chi connectivity index (χ3n) is 3.76. The number of nitrogens with one attached hydrogen (secondary N) is 3. The van der Waals surface area contributed by atoms with Crippen LogP contribution < -0.4 is 29.1 Å². The Bertz CT molecular complexity index is 1030. The van der Waals surface area contributed by atoms with Crippen LogP contribution in [0.15, 0.2) is 60.7 Å². The van der Waals surface area contributed by atoms with Gasteiger partial charge < -0.3 is 25.2 Å². The van der Waals surface area contributed by atoms with E-state index in [0.717, 1.165) is 39.8 Å². The fraction of sp³-hybridized carbons (Fsp3) is 0.150. The summed E-state index contributed by atoms with van der Waals surface area (Å²) >= 11 is 0. The van der Waals surface area contributed by atoms with Gasteiger partial charge in [0.2, 0.25) is 0 Å². The summed E-state index contributed by atoms with van der Waals surface area (Å²) in [7, 11) is -4.94. The molecular weight excluding hydrogens is 505 g/mol. The molecule has 0 aliphatic carbocycles. The Labute approximate surface area is 201 Å². The van der Waals surface area contributed by atoms with E-state index >= 15 is 0 Å². The summed E-state index contributed by atoms with van der Waals surface area (Å²) in [6.07, 6.45) is 2.38. The third kappa shape index (κ3) is 11.1. The van der Waals surface area contributed by atoms with Gasteiger partial charge in [-0.25, -0.2) is 28.6 Å². The summed E-state index contributed by atoms with van der Waals surface area (Å²) < 4.78 is 34.0. The minimum Gasteiger partial charge on any atom is -0.545 e. The molecule has 4 rings (SSSR count). The number of aromatic amines is 2. The molecule has 179 valence electrons. The van der Waals surface area contributed by atoms with Crippen molar-refractivity contribution in [3.63, 3.8) is 0 Å². The number of hydrogen-bond acceptors (Lipinski definition) is 9. The molecule has 11 nitrogen and oxygen atoms in total. The van der Waals surface area contributed by atoms with Gasteiger partial charge in [0.15, 0.2) is 0 Å². The van der Waals surface area contributed by atoms with E-state index in [1.54, 1.807) is 6.92 Å². The standard InChI is InChI=1S/C16H15N5.C4H6O2.ClHO4.Cu/c1-2-6-12-11(5-1)18-15(19-12)9-17-10-16-20-13-7-3-4-8-14(13)21-16;1-2-3-4(5)6;2-1(3,4)5;/h1-8,17H,9-10H2,(H,18,19)(H,20,21);2-3H,1H3,(H,5,6);(H,2,3,4,5);/q;;;+2/p-2/b;3-2+;;. The summed E-state index contributed by atoms with van der Waals surface area (Å²) in [5, 5.41) is 12.8. The second-order valence-corrected chi connectivity index (χ2v) is 6.96. The Kier molecular flexibility index (Phi) is 11.7. The average molecular weight is 525 g/mol. The van der Waals surface area contributed by atoms with Crippen molar-refractivity contribution in [2.75, 3.05) is 0 Å². The zero-order chi connectivity index (χ0) is 23.6. The van der Waals surface area contributed by atoms with Crippen molar-refractivity contribution < 1.29 is 55.8 Å². The molecule has 0 bridgehead atoms. The molecule has 0 saturated heterocycles. The van der Waals surface area contributed by atoms with E-state index in [1.807, 2.05) is 48.5 Å². The first-order chi connectivity index (χ1) is 15.2. The predicted molar refractivity (Wildman–Crippen MR) is 103 cm³/mol. The molecule has 0 spiro atoms. The number of carboxylic acid groups (broad SMARTS) is 1. The molecule has 2 aromatic carbocycles. The first-order valence-electron chi connectivity index (χ1n) is 9.19. The number of carbonyl (C=O) groups is 1. The van der Waals surface area contributed by atoms with Crippen LogP contribution in [-0.4, -0.2) is 25.9 Å². The molecule has 0 atom stereocenters. The van der Waals surface area contributed by atoms with Crippen LogP contribution in [0, 0.1) is 10.2 Å². The molecule has 0 saturated carbocycles. The molecule has 2 heterocycles. The number of carbonyl (C=O) groups excluding carboxylic acids is 1. The second-order valence-electron chi connectivity index (χ2n) is 6.20. The maximum absolute atomic E-state index is 9.40. The molecule has 13 heteroatoms. The Morgan fingerprint density at radius 1 is 0.909 bits per heavy atom. The van der Waals surface area contributed by atoms with Gasteiger partial charge in [0.05, 0.1) is 41.1 Å². The maximum atomic E-state index is 9.40. The van der Waals surface area contributed by atoms with E-state index in [4.69, 9.17) is 18.6 Å². The molecule has 4 aromatic rings. The Hall–Kier alpha value is -2.80. The molecule has 0 aliphatic heterocycles. The predicted octanol–water partition coefficient (Wildman–Crippen LogP) is -2.72. The minimum absolute atomic E-state index is 0. The van der Waals surface area contributed by atoms with Crippen LogP contribution >= 0.6 is 0 Å². The largest absolute Gasteiger partial charge is 2.00 e. The number of hydrogen-bond donors (Lipinski definition) is 3. The fourth-order valence-electron chi connectivity index (χ4n) is 2.61. The van der Waals surface area contributed by atoms with E-state index in [0.29, 0.717) is 13.1 Å². The van der Waals surface area contributed by atoms with E-state index < -0.39 is 16.2 Å². The number of halogens is 1. The molecular formula is C20H20ClCuN5O6. The van der Waals surface area contributed by atoms with Gasteiger partial charge in [-0.15, -0.1) is 10.2 Å². The number of aliphatic carboxylic acids is 1. The SMILES string of the molecule is C/C=C/C(=O)[O-].[Cu+2].[O-][Cl+3]([O-])([O-])[O-].c1ccc2[nH]c(CNCc3nc4ccccc4[nH]3)nc2c1. The molecule has 2 aromatic heterocycles. The van der Waals surface area contributed by atoms with Crippen LogP contribution in [-0.2, 0) is 35.0 Å². The van der Waals surface area contributed by atoms with Crippen molar-refractivity contribution in [2.45, 2.75) is 20.0 Å². The number of carboxylic acids is 1. The molecule has 33 heavy (non-hydrogen) atoms. The number of para-hydroxylation sites is 4. The summed E-state index contributed by atoms with van der Waals surface area (Å²) in [4.78, 5) is 25.1. The first kappa shape index (κ1) is 28.2. The van der Waals surface area contributed by atoms with Gasteiger partial charge in [0, 0.05) is 0 Å². The Morgan fingerprint density at radius 3 is 1.61 bits per heavy atom. The molecule has 0 unspecified atom stereocenters. The number of fused-ring (bicyclic) bond motifs is 2. The van der Waals surface area contributed by atoms with Crippen LogP contribution in [0.3, 0.4) is 0 Å². The van der Waals surface area contributed by atoms with Gasteiger partial charge in [-0.1, -0.05) is 30.3 Å². The second kappa shape index (κ2) is 13.7. The quantitative estimate of drug-likeness (QED) is 0.183. The van der Waals surface area contributed by atoms with Crippen LogP contribution in [0.25, 0.3) is 22.1 Å². The smallest absolute Gasteiger partial charge is 0.545 e. The van der Waals surface area contributed by atoms with Crippen LogP contribution in [0.2, 0.25) is 0 Å². The molecule has 3 N–H and O–H groups in total. The Balaban J connectivity index is 0.000000384. The van der Waals surface area contributed by atoms with E-state index in [9.17, 15) is 9.90 Å². The topological polar surface area (TPSA) is 202 Å². The number of benzene rings is 2. The molecule has 0 amide bonds. The number of H-pyrrole nitrogens is 2. The number of allylic oxidation sites excluding steroid dienone is 1. The summed E-state index contributed by atoms with van der Waals surface area (Å²) in [6, 6.07) is 16.1. The fourth-order valence-corrected chi connectivity index (χ4v) is 2.61. The van der Waals surface area contributed by atoms with Gasteiger partial charge in [0.25, 0.3) is 0 Å². The Morgan fingerprint density at radius 2 is 1.30 bits per heavy atom. The summed E-state index contributed by atoms with van der Waals surface area (Å²) in [5.74, 6) is 0.733. The number of nitrogens with zero attached hydrogens (tertiary/aromatic N) is 2. The summed E-state index contributed by atoms with van der Waals surface area (Å²) in [6.45, 7) is 2.99. The van der Waals surface area contributed by atoms with Crippen LogP contribution in [0.1, 0.15) is 18.6 Å². The van der Waals surface area contributed by atoms with Crippen molar-refractivity contribution in [1.29, 1.82) is 0 Å². The van der Waals surface area contributed by atoms with Gasteiger partial charge in [-0.2, -0.15) is 0 Å². The van der Waals surface area contributed by atoms with Crippen molar-refractivity contribution in [2.24, 2.45) is 0 Å². The van der Waals surface area contributed by atoms with Crippen molar-refractivity contribution in [3.8, 4) is 0 Å². The number of imidazole rings is 2. The van der Waals surface area contributed by atoms with E-state index in [-0.39, 0.29) is 17.1 Å². The first-order valence-corrected chi connectivity index (χ1v) is 10.4. The van der Waals surface area contributed by atoms with E-state index in [1.165, 1.54) is 6.08 Å². The molecule has 0 aliphatic rings. The minimum atomic E-state index is -4.94.